The Hall–Kier alpha value is -2.68. The molecule has 0 bridgehead atoms. The number of aromatic nitrogens is 2. The Kier molecular flexibility index (Phi) is 4.61. The summed E-state index contributed by atoms with van der Waals surface area (Å²) in [6.45, 7) is 2.59. The van der Waals surface area contributed by atoms with Gasteiger partial charge in [-0.2, -0.15) is 0 Å². The Balaban J connectivity index is 1.60. The fourth-order valence-corrected chi connectivity index (χ4v) is 2.88. The summed E-state index contributed by atoms with van der Waals surface area (Å²) in [5.74, 6) is -0.164. The van der Waals surface area contributed by atoms with Gasteiger partial charge in [-0.05, 0) is 31.2 Å². The molecular weight excluding hydrogens is 333 g/mol. The van der Waals surface area contributed by atoms with Crippen molar-refractivity contribution in [3.8, 4) is 11.5 Å². The van der Waals surface area contributed by atoms with Crippen molar-refractivity contribution in [3.63, 3.8) is 0 Å². The highest BCUT2D eigenvalue weighted by Gasteiger charge is 2.22. The molecule has 0 saturated carbocycles. The molecule has 0 spiro atoms. The molecule has 0 radical (unpaired) electrons. The average Bonchev–Trinajstić information content (AvgIpc) is 3.17. The van der Waals surface area contributed by atoms with Gasteiger partial charge in [-0.25, -0.2) is 9.18 Å². The van der Waals surface area contributed by atoms with E-state index in [0.29, 0.717) is 23.7 Å². The zero-order valence-electron chi connectivity index (χ0n) is 12.7. The summed E-state index contributed by atoms with van der Waals surface area (Å²) >= 11 is 1.33. The van der Waals surface area contributed by atoms with Crippen molar-refractivity contribution in [2.24, 2.45) is 0 Å². The van der Waals surface area contributed by atoms with Crippen LogP contribution in [0.1, 0.15) is 6.92 Å². The molecule has 124 valence electrons. The Labute approximate surface area is 141 Å². The monoisotopic (exact) mass is 347 g/mol. The Bertz CT molecular complexity index is 802. The highest BCUT2D eigenvalue weighted by atomic mass is 32.2. The minimum atomic E-state index is -0.362. The summed E-state index contributed by atoms with van der Waals surface area (Å²) in [6, 6.07) is 5.22. The summed E-state index contributed by atoms with van der Waals surface area (Å²) in [5.41, 5.74) is 0.562. The van der Waals surface area contributed by atoms with E-state index in [0.717, 1.165) is 4.91 Å². The minimum Gasteiger partial charge on any atom is -0.403 e. The standard InChI is InChI=1S/C15H14FN5O2S/c1-9(17)24-12-6-7-21(8-12)15(22)18-14-20-19-13(23-14)10-2-4-11(16)5-3-10/h2-6,17H,7-8H2,1H3,(H,18,20,22). The zero-order chi connectivity index (χ0) is 17.1. The van der Waals surface area contributed by atoms with Crippen LogP contribution in [0.25, 0.3) is 11.5 Å². The molecule has 0 fully saturated rings. The van der Waals surface area contributed by atoms with Crippen molar-refractivity contribution in [3.05, 3.63) is 41.1 Å². The van der Waals surface area contributed by atoms with Crippen LogP contribution in [0.2, 0.25) is 0 Å². The van der Waals surface area contributed by atoms with Crippen molar-refractivity contribution >= 4 is 28.9 Å². The molecule has 2 N–H and O–H groups in total. The van der Waals surface area contributed by atoms with Crippen molar-refractivity contribution in [1.82, 2.24) is 15.1 Å². The van der Waals surface area contributed by atoms with Crippen LogP contribution >= 0.6 is 11.8 Å². The third kappa shape index (κ3) is 3.80. The van der Waals surface area contributed by atoms with E-state index in [1.807, 2.05) is 6.08 Å². The van der Waals surface area contributed by atoms with Gasteiger partial charge in [0.2, 0.25) is 5.89 Å². The fourth-order valence-electron chi connectivity index (χ4n) is 2.11. The van der Waals surface area contributed by atoms with E-state index < -0.39 is 0 Å². The second-order valence-electron chi connectivity index (χ2n) is 5.06. The van der Waals surface area contributed by atoms with Crippen molar-refractivity contribution in [2.45, 2.75) is 6.92 Å². The molecule has 2 amide bonds. The first-order valence-electron chi connectivity index (χ1n) is 7.08. The van der Waals surface area contributed by atoms with Gasteiger partial charge in [0.15, 0.2) is 0 Å². The first kappa shape index (κ1) is 16.2. The molecule has 2 aromatic rings. The molecule has 1 aliphatic heterocycles. The lowest BCUT2D eigenvalue weighted by molar-refractivity contribution is 0.223. The molecule has 3 rings (SSSR count). The number of halogens is 1. The Morgan fingerprint density at radius 1 is 1.38 bits per heavy atom. The summed E-state index contributed by atoms with van der Waals surface area (Å²) < 4.78 is 18.3. The fraction of sp³-hybridized carbons (Fsp3) is 0.200. The second-order valence-corrected chi connectivity index (χ2v) is 6.40. The Morgan fingerprint density at radius 2 is 2.12 bits per heavy atom. The van der Waals surface area contributed by atoms with Crippen LogP contribution in [-0.4, -0.2) is 39.3 Å². The number of rotatable bonds is 3. The highest BCUT2D eigenvalue weighted by Crippen LogP contribution is 2.24. The second kappa shape index (κ2) is 6.83. The lowest BCUT2D eigenvalue weighted by Gasteiger charge is -2.15. The molecule has 0 atom stereocenters. The van der Waals surface area contributed by atoms with Crippen LogP contribution in [0.5, 0.6) is 0 Å². The quantitative estimate of drug-likeness (QED) is 0.656. The van der Waals surface area contributed by atoms with E-state index in [1.54, 1.807) is 11.8 Å². The SMILES string of the molecule is CC(=N)SC1=CCN(C(=O)Nc2nnc(-c3ccc(F)cc3)o2)C1. The number of amides is 2. The van der Waals surface area contributed by atoms with Gasteiger partial charge in [-0.15, -0.1) is 5.10 Å². The first-order valence-corrected chi connectivity index (χ1v) is 7.90. The number of hydrogen-bond donors (Lipinski definition) is 2. The normalized spacial score (nSPS) is 13.8. The molecule has 0 unspecified atom stereocenters. The molecule has 0 saturated heterocycles. The topological polar surface area (TPSA) is 95.1 Å². The molecule has 1 aromatic heterocycles. The molecule has 0 aliphatic carbocycles. The Morgan fingerprint density at radius 3 is 2.83 bits per heavy atom. The summed E-state index contributed by atoms with van der Waals surface area (Å²) in [7, 11) is 0. The smallest absolute Gasteiger partial charge is 0.326 e. The predicted octanol–water partition coefficient (Wildman–Crippen LogP) is 3.34. The van der Waals surface area contributed by atoms with E-state index in [2.05, 4.69) is 15.5 Å². The zero-order valence-corrected chi connectivity index (χ0v) is 13.6. The third-order valence-electron chi connectivity index (χ3n) is 3.19. The van der Waals surface area contributed by atoms with Gasteiger partial charge in [0, 0.05) is 17.0 Å². The van der Waals surface area contributed by atoms with Gasteiger partial charge in [-0.3, -0.25) is 10.7 Å². The van der Waals surface area contributed by atoms with Crippen LogP contribution in [0.15, 0.2) is 39.7 Å². The van der Waals surface area contributed by atoms with E-state index in [9.17, 15) is 9.18 Å². The maximum Gasteiger partial charge on any atom is 0.326 e. The molecule has 2 heterocycles. The number of nitrogens with one attached hydrogen (secondary N) is 2. The summed E-state index contributed by atoms with van der Waals surface area (Å²) in [5, 5.41) is 18.1. The number of thioether (sulfide) groups is 1. The number of benzene rings is 1. The highest BCUT2D eigenvalue weighted by molar-refractivity contribution is 8.17. The average molecular weight is 347 g/mol. The van der Waals surface area contributed by atoms with Crippen LogP contribution in [0.3, 0.4) is 0 Å². The number of urea groups is 1. The molecule has 1 aromatic carbocycles. The molecule has 1 aliphatic rings. The van der Waals surface area contributed by atoms with E-state index >= 15 is 0 Å². The van der Waals surface area contributed by atoms with Crippen molar-refractivity contribution in [1.29, 1.82) is 5.41 Å². The predicted molar refractivity (Wildman–Crippen MR) is 89.4 cm³/mol. The lowest BCUT2D eigenvalue weighted by atomic mass is 10.2. The number of anilines is 1. The van der Waals surface area contributed by atoms with Crippen LogP contribution < -0.4 is 5.32 Å². The van der Waals surface area contributed by atoms with E-state index in [1.165, 1.54) is 36.0 Å². The number of carbonyl (C=O) groups excluding carboxylic acids is 1. The molecular formula is C15H14FN5O2S. The van der Waals surface area contributed by atoms with Gasteiger partial charge in [0.05, 0.1) is 11.6 Å². The van der Waals surface area contributed by atoms with Gasteiger partial charge in [-0.1, -0.05) is 22.9 Å². The van der Waals surface area contributed by atoms with E-state index in [4.69, 9.17) is 9.83 Å². The first-order chi connectivity index (χ1) is 11.5. The number of nitrogens with zero attached hydrogens (tertiary/aromatic N) is 3. The van der Waals surface area contributed by atoms with Gasteiger partial charge in [0.1, 0.15) is 5.82 Å². The molecule has 9 heteroatoms. The summed E-state index contributed by atoms with van der Waals surface area (Å²) in [6.07, 6.45) is 1.90. The van der Waals surface area contributed by atoms with Crippen LogP contribution in [0.4, 0.5) is 15.2 Å². The lowest BCUT2D eigenvalue weighted by Crippen LogP contribution is -2.33. The number of carbonyl (C=O) groups is 1. The van der Waals surface area contributed by atoms with Gasteiger partial charge < -0.3 is 9.32 Å². The molecule has 7 nitrogen and oxygen atoms in total. The van der Waals surface area contributed by atoms with Gasteiger partial charge in [0.25, 0.3) is 0 Å². The minimum absolute atomic E-state index is 0.0244. The molecule has 24 heavy (non-hydrogen) atoms. The maximum absolute atomic E-state index is 12.9. The van der Waals surface area contributed by atoms with Crippen molar-refractivity contribution < 1.29 is 13.6 Å². The van der Waals surface area contributed by atoms with Gasteiger partial charge >= 0.3 is 12.0 Å². The summed E-state index contributed by atoms with van der Waals surface area (Å²) in [4.78, 5) is 14.7. The van der Waals surface area contributed by atoms with Crippen LogP contribution in [0, 0.1) is 11.2 Å². The third-order valence-corrected chi connectivity index (χ3v) is 4.05. The van der Waals surface area contributed by atoms with Crippen molar-refractivity contribution in [2.75, 3.05) is 18.4 Å². The largest absolute Gasteiger partial charge is 0.403 e. The van der Waals surface area contributed by atoms with Crippen LogP contribution in [-0.2, 0) is 0 Å². The maximum atomic E-state index is 12.9. The number of hydrogen-bond acceptors (Lipinski definition) is 6. The van der Waals surface area contributed by atoms with E-state index in [-0.39, 0.29) is 23.8 Å².